The van der Waals surface area contributed by atoms with Crippen LogP contribution in [0.3, 0.4) is 0 Å². The SMILES string of the molecule is COc1cc2c(cc1OC)C(N1CCCCC1)CC1=C2C(=O)c2ccccc21. The average Bonchev–Trinajstić information content (AvgIpc) is 3.05. The van der Waals surface area contributed by atoms with E-state index in [2.05, 4.69) is 17.0 Å². The molecule has 1 fully saturated rings. The van der Waals surface area contributed by atoms with Gasteiger partial charge in [-0.25, -0.2) is 0 Å². The van der Waals surface area contributed by atoms with Crippen LogP contribution in [0.4, 0.5) is 0 Å². The molecule has 1 unspecified atom stereocenters. The van der Waals surface area contributed by atoms with Gasteiger partial charge in [0.1, 0.15) is 0 Å². The summed E-state index contributed by atoms with van der Waals surface area (Å²) in [5, 5.41) is 0. The predicted octanol–water partition coefficient (Wildman–Crippen LogP) is 4.74. The fourth-order valence-electron chi connectivity index (χ4n) is 5.09. The number of methoxy groups -OCH3 is 2. The topological polar surface area (TPSA) is 38.8 Å². The Kier molecular flexibility index (Phi) is 4.24. The molecule has 0 saturated carbocycles. The number of likely N-dealkylation sites (tertiary alicyclic amines) is 1. The number of nitrogens with zero attached hydrogens (tertiary/aromatic N) is 1. The Bertz CT molecular complexity index is 985. The minimum absolute atomic E-state index is 0.135. The van der Waals surface area contributed by atoms with Gasteiger partial charge in [-0.1, -0.05) is 30.7 Å². The van der Waals surface area contributed by atoms with Gasteiger partial charge in [-0.2, -0.15) is 0 Å². The third kappa shape index (κ3) is 2.51. The zero-order chi connectivity index (χ0) is 19.3. The van der Waals surface area contributed by atoms with Crippen molar-refractivity contribution >= 4 is 16.9 Å². The molecule has 1 atom stereocenters. The van der Waals surface area contributed by atoms with E-state index in [-0.39, 0.29) is 11.8 Å². The van der Waals surface area contributed by atoms with Crippen molar-refractivity contribution < 1.29 is 14.3 Å². The number of ketones is 1. The number of carbonyl (C=O) groups excluding carboxylic acids is 1. The third-order valence-corrected chi connectivity index (χ3v) is 6.44. The van der Waals surface area contributed by atoms with Crippen LogP contribution in [0.2, 0.25) is 0 Å². The van der Waals surface area contributed by atoms with Gasteiger partial charge in [-0.3, -0.25) is 9.69 Å². The Balaban J connectivity index is 1.72. The minimum Gasteiger partial charge on any atom is -0.493 e. The van der Waals surface area contributed by atoms with Gasteiger partial charge in [0, 0.05) is 17.2 Å². The molecule has 4 heteroatoms. The lowest BCUT2D eigenvalue weighted by atomic mass is 9.81. The summed E-state index contributed by atoms with van der Waals surface area (Å²) in [7, 11) is 3.32. The summed E-state index contributed by atoms with van der Waals surface area (Å²) in [4.78, 5) is 15.9. The second-order valence-corrected chi connectivity index (χ2v) is 7.84. The number of piperidine rings is 1. The van der Waals surface area contributed by atoms with E-state index >= 15 is 0 Å². The molecular weight excluding hydrogens is 350 g/mol. The van der Waals surface area contributed by atoms with Crippen molar-refractivity contribution in [2.75, 3.05) is 27.3 Å². The second-order valence-electron chi connectivity index (χ2n) is 7.84. The highest BCUT2D eigenvalue weighted by molar-refractivity contribution is 6.40. The first kappa shape index (κ1) is 17.5. The van der Waals surface area contributed by atoms with Gasteiger partial charge in [0.05, 0.1) is 14.2 Å². The Morgan fingerprint density at radius 2 is 1.57 bits per heavy atom. The molecule has 28 heavy (non-hydrogen) atoms. The van der Waals surface area contributed by atoms with Gasteiger partial charge in [-0.05, 0) is 66.7 Å². The number of rotatable bonds is 3. The molecule has 1 saturated heterocycles. The molecule has 2 aromatic rings. The fraction of sp³-hybridized carbons (Fsp3) is 0.375. The molecule has 0 bridgehead atoms. The number of hydrogen-bond acceptors (Lipinski definition) is 4. The van der Waals surface area contributed by atoms with E-state index in [9.17, 15) is 4.79 Å². The summed E-state index contributed by atoms with van der Waals surface area (Å²) in [5.41, 5.74) is 6.17. The maximum Gasteiger partial charge on any atom is 0.194 e. The first-order valence-electron chi connectivity index (χ1n) is 10.1. The molecule has 3 aliphatic rings. The number of fused-ring (bicyclic) bond motifs is 4. The minimum atomic E-state index is 0.135. The molecule has 144 valence electrons. The summed E-state index contributed by atoms with van der Waals surface area (Å²) in [6, 6.07) is 12.4. The summed E-state index contributed by atoms with van der Waals surface area (Å²) >= 11 is 0. The predicted molar refractivity (Wildman–Crippen MR) is 110 cm³/mol. The van der Waals surface area contributed by atoms with E-state index < -0.39 is 0 Å². The third-order valence-electron chi connectivity index (χ3n) is 6.44. The molecule has 0 radical (unpaired) electrons. The highest BCUT2D eigenvalue weighted by Gasteiger charge is 2.40. The number of hydrogen-bond donors (Lipinski definition) is 0. The van der Waals surface area contributed by atoms with Crippen LogP contribution in [0.1, 0.15) is 58.8 Å². The maximum absolute atomic E-state index is 13.3. The summed E-state index contributed by atoms with van der Waals surface area (Å²) in [6.45, 7) is 2.22. The lowest BCUT2D eigenvalue weighted by molar-refractivity contribution is 0.105. The van der Waals surface area contributed by atoms with Crippen molar-refractivity contribution in [2.45, 2.75) is 31.7 Å². The quantitative estimate of drug-likeness (QED) is 0.777. The standard InChI is InChI=1S/C24H25NO3/c1-27-21-13-17-19(14-22(21)28-2)23-18(12-20(17)25-10-6-3-7-11-25)15-8-4-5-9-16(15)24(23)26/h4-5,8-9,13-14,20H,3,6-7,10-12H2,1-2H3. The summed E-state index contributed by atoms with van der Waals surface area (Å²) in [5.74, 6) is 1.54. The molecule has 0 amide bonds. The number of benzene rings is 2. The van der Waals surface area contributed by atoms with Crippen LogP contribution in [-0.4, -0.2) is 38.0 Å². The van der Waals surface area contributed by atoms with E-state index in [1.165, 1.54) is 30.4 Å². The van der Waals surface area contributed by atoms with E-state index in [0.29, 0.717) is 5.75 Å². The first-order valence-corrected chi connectivity index (χ1v) is 10.1. The Hall–Kier alpha value is -2.59. The molecular formula is C24H25NO3. The van der Waals surface area contributed by atoms with Crippen LogP contribution < -0.4 is 9.47 Å². The van der Waals surface area contributed by atoms with Crippen molar-refractivity contribution in [3.63, 3.8) is 0 Å². The second kappa shape index (κ2) is 6.78. The normalized spacial score (nSPS) is 21.2. The number of ether oxygens (including phenoxy) is 2. The number of Topliss-reactive ketones (excluding diaryl/α,β-unsaturated/α-hetero) is 1. The average molecular weight is 375 g/mol. The van der Waals surface area contributed by atoms with Crippen LogP contribution in [0, 0.1) is 0 Å². The van der Waals surface area contributed by atoms with Crippen molar-refractivity contribution in [2.24, 2.45) is 0 Å². The van der Waals surface area contributed by atoms with Gasteiger partial charge in [0.25, 0.3) is 0 Å². The van der Waals surface area contributed by atoms with E-state index in [1.807, 2.05) is 24.3 Å². The lowest BCUT2D eigenvalue weighted by Gasteiger charge is -2.38. The highest BCUT2D eigenvalue weighted by Crippen LogP contribution is 2.52. The summed E-state index contributed by atoms with van der Waals surface area (Å²) < 4.78 is 11.2. The molecule has 5 rings (SSSR count). The van der Waals surface area contributed by atoms with Crippen molar-refractivity contribution in [3.8, 4) is 11.5 Å². The van der Waals surface area contributed by atoms with Gasteiger partial charge in [0.15, 0.2) is 17.3 Å². The van der Waals surface area contributed by atoms with Crippen LogP contribution in [0.15, 0.2) is 36.4 Å². The Morgan fingerprint density at radius 3 is 2.29 bits per heavy atom. The molecule has 2 aromatic carbocycles. The lowest BCUT2D eigenvalue weighted by Crippen LogP contribution is -2.35. The Morgan fingerprint density at radius 1 is 0.893 bits per heavy atom. The van der Waals surface area contributed by atoms with E-state index in [0.717, 1.165) is 47.5 Å². The zero-order valence-electron chi connectivity index (χ0n) is 16.5. The summed E-state index contributed by atoms with van der Waals surface area (Å²) in [6.07, 6.45) is 4.65. The van der Waals surface area contributed by atoms with Crippen molar-refractivity contribution in [1.82, 2.24) is 4.90 Å². The van der Waals surface area contributed by atoms with Crippen LogP contribution in [-0.2, 0) is 0 Å². The van der Waals surface area contributed by atoms with E-state index in [4.69, 9.17) is 9.47 Å². The molecule has 0 spiro atoms. The number of carbonyl (C=O) groups is 1. The largest absolute Gasteiger partial charge is 0.493 e. The molecule has 1 aliphatic heterocycles. The van der Waals surface area contributed by atoms with Gasteiger partial charge < -0.3 is 9.47 Å². The van der Waals surface area contributed by atoms with E-state index in [1.54, 1.807) is 14.2 Å². The zero-order valence-corrected chi connectivity index (χ0v) is 16.5. The molecule has 0 aromatic heterocycles. The monoisotopic (exact) mass is 375 g/mol. The van der Waals surface area contributed by atoms with Crippen molar-refractivity contribution in [3.05, 3.63) is 58.7 Å². The maximum atomic E-state index is 13.3. The first-order chi connectivity index (χ1) is 13.7. The number of allylic oxidation sites excluding steroid dienone is 1. The van der Waals surface area contributed by atoms with Crippen LogP contribution in [0.5, 0.6) is 11.5 Å². The molecule has 0 N–H and O–H groups in total. The highest BCUT2D eigenvalue weighted by atomic mass is 16.5. The molecule has 4 nitrogen and oxygen atoms in total. The smallest absolute Gasteiger partial charge is 0.194 e. The van der Waals surface area contributed by atoms with Gasteiger partial charge in [0.2, 0.25) is 0 Å². The van der Waals surface area contributed by atoms with Crippen LogP contribution in [0.25, 0.3) is 11.1 Å². The van der Waals surface area contributed by atoms with Gasteiger partial charge in [-0.15, -0.1) is 0 Å². The van der Waals surface area contributed by atoms with Gasteiger partial charge >= 0.3 is 0 Å². The molecule has 2 aliphatic carbocycles. The Labute approximate surface area is 165 Å². The molecule has 1 heterocycles. The van der Waals surface area contributed by atoms with Crippen LogP contribution >= 0.6 is 0 Å². The van der Waals surface area contributed by atoms with Crippen molar-refractivity contribution in [1.29, 1.82) is 0 Å². The fourth-order valence-corrected chi connectivity index (χ4v) is 5.09.